The van der Waals surface area contributed by atoms with Gasteiger partial charge in [0.15, 0.2) is 9.84 Å². The fraction of sp³-hybridized carbons (Fsp3) is 0.941. The molecule has 5 heteroatoms. The predicted octanol–water partition coefficient (Wildman–Crippen LogP) is 2.78. The third kappa shape index (κ3) is 3.19. The predicted molar refractivity (Wildman–Crippen MR) is 89.3 cm³/mol. The Kier molecular flexibility index (Phi) is 4.69. The van der Waals surface area contributed by atoms with E-state index in [1.165, 1.54) is 6.42 Å². The molecule has 3 atom stereocenters. The van der Waals surface area contributed by atoms with Crippen LogP contribution in [0.2, 0.25) is 0 Å². The van der Waals surface area contributed by atoms with Gasteiger partial charge in [-0.25, -0.2) is 8.42 Å². The number of hydrogen-bond acceptors (Lipinski definition) is 3. The first kappa shape index (κ1) is 17.8. The molecule has 1 amide bonds. The van der Waals surface area contributed by atoms with Crippen molar-refractivity contribution in [2.24, 2.45) is 22.7 Å². The fourth-order valence-electron chi connectivity index (χ4n) is 4.53. The first-order valence-electron chi connectivity index (χ1n) is 8.48. The zero-order valence-corrected chi connectivity index (χ0v) is 15.4. The molecule has 0 radical (unpaired) electrons. The maximum absolute atomic E-state index is 12.2. The zero-order valence-electron chi connectivity index (χ0n) is 14.6. The van der Waals surface area contributed by atoms with Crippen molar-refractivity contribution in [1.82, 2.24) is 5.32 Å². The molecule has 2 rings (SSSR count). The molecule has 1 N–H and O–H groups in total. The van der Waals surface area contributed by atoms with Crippen LogP contribution in [0.5, 0.6) is 0 Å². The summed E-state index contributed by atoms with van der Waals surface area (Å²) in [6.07, 6.45) is 3.53. The van der Waals surface area contributed by atoms with Crippen LogP contribution in [-0.4, -0.2) is 31.9 Å². The number of amides is 1. The van der Waals surface area contributed by atoms with Crippen molar-refractivity contribution < 1.29 is 13.2 Å². The first-order chi connectivity index (χ1) is 9.98. The van der Waals surface area contributed by atoms with E-state index in [4.69, 9.17) is 0 Å². The molecule has 0 heterocycles. The number of sulfone groups is 1. The van der Waals surface area contributed by atoms with Crippen molar-refractivity contribution in [3.8, 4) is 0 Å². The van der Waals surface area contributed by atoms with Crippen LogP contribution in [0.15, 0.2) is 0 Å². The summed E-state index contributed by atoms with van der Waals surface area (Å²) in [5, 5.41) is 3.13. The number of hydrogen-bond donors (Lipinski definition) is 1. The number of fused-ring (bicyclic) bond motifs is 2. The van der Waals surface area contributed by atoms with Gasteiger partial charge >= 0.3 is 0 Å². The van der Waals surface area contributed by atoms with Crippen molar-refractivity contribution in [1.29, 1.82) is 0 Å². The van der Waals surface area contributed by atoms with Crippen LogP contribution < -0.4 is 5.32 Å². The summed E-state index contributed by atoms with van der Waals surface area (Å²) in [5.41, 5.74) is 0.402. The Morgan fingerprint density at radius 1 is 1.27 bits per heavy atom. The van der Waals surface area contributed by atoms with Crippen LogP contribution in [0.25, 0.3) is 0 Å². The van der Waals surface area contributed by atoms with Gasteiger partial charge in [-0.3, -0.25) is 4.79 Å². The van der Waals surface area contributed by atoms with Crippen LogP contribution in [0.4, 0.5) is 0 Å². The maximum Gasteiger partial charge on any atom is 0.221 e. The van der Waals surface area contributed by atoms with Crippen LogP contribution >= 0.6 is 0 Å². The number of nitrogens with one attached hydrogen (secondary N) is 1. The molecule has 0 aromatic rings. The highest BCUT2D eigenvalue weighted by molar-refractivity contribution is 7.91. The Morgan fingerprint density at radius 3 is 2.36 bits per heavy atom. The lowest BCUT2D eigenvalue weighted by molar-refractivity contribution is -0.122. The molecule has 2 bridgehead atoms. The molecule has 22 heavy (non-hydrogen) atoms. The number of carbonyl (C=O) groups excluding carboxylic acids is 1. The Morgan fingerprint density at radius 2 is 1.91 bits per heavy atom. The SMILES string of the molecule is CC(C)CS(=O)(=O)CCC(=O)NC1CC2CCC1(C)C2(C)C. The van der Waals surface area contributed by atoms with Gasteiger partial charge in [0.05, 0.1) is 11.5 Å². The average molecular weight is 330 g/mol. The van der Waals surface area contributed by atoms with E-state index in [0.717, 1.165) is 12.8 Å². The van der Waals surface area contributed by atoms with Crippen LogP contribution in [0.1, 0.15) is 60.3 Å². The van der Waals surface area contributed by atoms with E-state index in [1.54, 1.807) is 0 Å². The average Bonchev–Trinajstić information content (AvgIpc) is 2.68. The van der Waals surface area contributed by atoms with Gasteiger partial charge < -0.3 is 5.32 Å². The third-order valence-electron chi connectivity index (χ3n) is 6.36. The smallest absolute Gasteiger partial charge is 0.221 e. The van der Waals surface area contributed by atoms with Crippen molar-refractivity contribution in [3.63, 3.8) is 0 Å². The normalized spacial score (nSPS) is 33.4. The van der Waals surface area contributed by atoms with Gasteiger partial charge in [-0.15, -0.1) is 0 Å². The summed E-state index contributed by atoms with van der Waals surface area (Å²) < 4.78 is 23.8. The van der Waals surface area contributed by atoms with Gasteiger partial charge in [0, 0.05) is 12.5 Å². The minimum Gasteiger partial charge on any atom is -0.353 e. The lowest BCUT2D eigenvalue weighted by atomic mass is 9.69. The van der Waals surface area contributed by atoms with Crippen molar-refractivity contribution in [2.75, 3.05) is 11.5 Å². The van der Waals surface area contributed by atoms with Crippen molar-refractivity contribution in [2.45, 2.75) is 66.3 Å². The minimum atomic E-state index is -3.12. The van der Waals surface area contributed by atoms with Gasteiger partial charge in [0.1, 0.15) is 0 Å². The highest BCUT2D eigenvalue weighted by atomic mass is 32.2. The summed E-state index contributed by atoms with van der Waals surface area (Å²) in [5.74, 6) is 0.803. The Balaban J connectivity index is 1.89. The van der Waals surface area contributed by atoms with E-state index in [2.05, 4.69) is 26.1 Å². The monoisotopic (exact) mass is 329 g/mol. The quantitative estimate of drug-likeness (QED) is 0.815. The minimum absolute atomic E-state index is 0.0345. The van der Waals surface area contributed by atoms with E-state index >= 15 is 0 Å². The second kappa shape index (κ2) is 5.81. The molecule has 0 aromatic carbocycles. The Hall–Kier alpha value is -0.580. The van der Waals surface area contributed by atoms with Gasteiger partial charge in [-0.1, -0.05) is 34.6 Å². The van der Waals surface area contributed by atoms with Crippen LogP contribution in [0.3, 0.4) is 0 Å². The van der Waals surface area contributed by atoms with Crippen LogP contribution in [0, 0.1) is 22.7 Å². The van der Waals surface area contributed by atoms with Crippen molar-refractivity contribution >= 4 is 15.7 Å². The fourth-order valence-corrected chi connectivity index (χ4v) is 6.21. The van der Waals surface area contributed by atoms with E-state index in [0.29, 0.717) is 5.92 Å². The van der Waals surface area contributed by atoms with Gasteiger partial charge in [0.2, 0.25) is 5.91 Å². The molecule has 2 aliphatic carbocycles. The molecule has 2 fully saturated rings. The third-order valence-corrected chi connectivity index (χ3v) is 8.36. The molecule has 0 saturated heterocycles. The molecular formula is C17H31NO3S. The molecule has 0 aromatic heterocycles. The maximum atomic E-state index is 12.2. The largest absolute Gasteiger partial charge is 0.353 e. The Bertz CT molecular complexity index is 538. The van der Waals surface area contributed by atoms with E-state index in [-0.39, 0.29) is 46.6 Å². The summed E-state index contributed by atoms with van der Waals surface area (Å²) in [4.78, 5) is 12.2. The molecule has 0 aliphatic heterocycles. The van der Waals surface area contributed by atoms with E-state index in [9.17, 15) is 13.2 Å². The van der Waals surface area contributed by atoms with Gasteiger partial charge in [-0.05, 0) is 41.9 Å². The summed E-state index contributed by atoms with van der Waals surface area (Å²) in [6.45, 7) is 10.7. The highest BCUT2D eigenvalue weighted by Crippen LogP contribution is 2.65. The summed E-state index contributed by atoms with van der Waals surface area (Å²) in [6, 6.07) is 0.196. The second-order valence-electron chi connectivity index (χ2n) is 8.49. The standard InChI is InChI=1S/C17H31NO3S/c1-12(2)11-22(20,21)9-7-15(19)18-14-10-13-6-8-17(14,5)16(13,3)4/h12-14H,6-11H2,1-5H3,(H,18,19). The Labute approximate surface area is 135 Å². The topological polar surface area (TPSA) is 63.2 Å². The first-order valence-corrected chi connectivity index (χ1v) is 10.3. The summed E-state index contributed by atoms with van der Waals surface area (Å²) >= 11 is 0. The van der Waals surface area contributed by atoms with Crippen molar-refractivity contribution in [3.05, 3.63) is 0 Å². The summed E-state index contributed by atoms with van der Waals surface area (Å²) in [7, 11) is -3.12. The number of rotatable bonds is 6. The van der Waals surface area contributed by atoms with Gasteiger partial charge in [-0.2, -0.15) is 0 Å². The van der Waals surface area contributed by atoms with E-state index in [1.807, 2.05) is 13.8 Å². The van der Waals surface area contributed by atoms with Crippen LogP contribution in [-0.2, 0) is 14.6 Å². The molecular weight excluding hydrogens is 298 g/mol. The molecule has 0 spiro atoms. The van der Waals surface area contributed by atoms with E-state index < -0.39 is 9.84 Å². The molecule has 2 saturated carbocycles. The molecule has 4 nitrogen and oxygen atoms in total. The highest BCUT2D eigenvalue weighted by Gasteiger charge is 2.61. The lowest BCUT2D eigenvalue weighted by Gasteiger charge is -2.39. The second-order valence-corrected chi connectivity index (χ2v) is 10.7. The van der Waals surface area contributed by atoms with Gasteiger partial charge in [0.25, 0.3) is 0 Å². The lowest BCUT2D eigenvalue weighted by Crippen LogP contribution is -2.47. The molecule has 2 aliphatic rings. The number of carbonyl (C=O) groups is 1. The molecule has 128 valence electrons. The zero-order chi connectivity index (χ0) is 16.8. The molecule has 3 unspecified atom stereocenters.